The topological polar surface area (TPSA) is 128 Å². The van der Waals surface area contributed by atoms with E-state index in [-0.39, 0.29) is 0 Å². The average Bonchev–Trinajstić information content (AvgIpc) is 3.65. The summed E-state index contributed by atoms with van der Waals surface area (Å²) >= 11 is 0. The van der Waals surface area contributed by atoms with Crippen molar-refractivity contribution >= 4 is 11.9 Å². The van der Waals surface area contributed by atoms with Gasteiger partial charge in [0.2, 0.25) is 0 Å². The molecule has 1 aliphatic carbocycles. The fourth-order valence-corrected chi connectivity index (χ4v) is 8.38. The largest absolute Gasteiger partial charge is 0.258 e. The molecule has 288 valence electrons. The Kier molecular flexibility index (Phi) is 8.92. The highest BCUT2D eigenvalue weighted by Crippen LogP contribution is 2.57. The lowest BCUT2D eigenvalue weighted by Crippen LogP contribution is -2.28. The molecule has 0 N–H and O–H groups in total. The van der Waals surface area contributed by atoms with E-state index in [0.717, 1.165) is 63.0 Å². The normalized spacial score (nSPS) is 13.6. The van der Waals surface area contributed by atoms with Crippen LogP contribution in [0.3, 0.4) is 0 Å². The third kappa shape index (κ3) is 6.38. The van der Waals surface area contributed by atoms with Crippen LogP contribution in [-0.2, 0) is 5.41 Å². The Morgan fingerprint density at radius 1 is 0.377 bits per heavy atom. The van der Waals surface area contributed by atoms with Gasteiger partial charge in [0.25, 0.3) is 0 Å². The minimum atomic E-state index is -0.754. The van der Waals surface area contributed by atoms with Gasteiger partial charge < -0.3 is 0 Å². The molecule has 6 heterocycles. The van der Waals surface area contributed by atoms with Crippen LogP contribution in [0.5, 0.6) is 0 Å². The number of nitrogens with zero attached hydrogens (tertiary/aromatic N) is 10. The van der Waals surface area contributed by atoms with Gasteiger partial charge >= 0.3 is 0 Å². The Hall–Kier alpha value is -8.24. The van der Waals surface area contributed by atoms with E-state index in [0.29, 0.717) is 52.0 Å². The molecule has 10 nitrogen and oxygen atoms in total. The highest BCUT2D eigenvalue weighted by molar-refractivity contribution is 5.89. The number of hydrogen-bond donors (Lipinski definition) is 0. The first-order valence-electron chi connectivity index (χ1n) is 20.1. The molecule has 0 bridgehead atoms. The molecule has 4 aromatic carbocycles. The molecule has 0 fully saturated rings. The summed E-state index contributed by atoms with van der Waals surface area (Å²) in [5.74, 6) is 2.99. The zero-order chi connectivity index (χ0) is 40.6. The average molecular weight is 787 g/mol. The van der Waals surface area contributed by atoms with Crippen LogP contribution in [0, 0.1) is 0 Å². The lowest BCUT2D eigenvalue weighted by atomic mass is 9.67. The van der Waals surface area contributed by atoms with E-state index >= 15 is 0 Å². The zero-order valence-electron chi connectivity index (χ0n) is 32.7. The monoisotopic (exact) mass is 786 g/mol. The maximum absolute atomic E-state index is 5.08. The Labute approximate surface area is 351 Å². The first-order chi connectivity index (χ1) is 30.2. The molecule has 61 heavy (non-hydrogen) atoms. The number of hydrogen-bond acceptors (Lipinski definition) is 10. The van der Waals surface area contributed by atoms with Gasteiger partial charge in [0.05, 0.1) is 5.41 Å². The Morgan fingerprint density at radius 2 is 0.803 bits per heavy atom. The van der Waals surface area contributed by atoms with E-state index in [9.17, 15) is 0 Å². The molecule has 0 unspecified atom stereocenters. The molecule has 0 spiro atoms. The van der Waals surface area contributed by atoms with E-state index in [2.05, 4.69) is 123 Å². The number of fused-ring (bicyclic) bond motifs is 3. The molecule has 2 aliphatic rings. The maximum Gasteiger partial charge on any atom is 0.182 e. The summed E-state index contributed by atoms with van der Waals surface area (Å²) in [6.45, 7) is 0. The van der Waals surface area contributed by atoms with Crippen molar-refractivity contribution < 1.29 is 0 Å². The van der Waals surface area contributed by atoms with Crippen molar-refractivity contribution in [2.24, 2.45) is 4.99 Å². The van der Waals surface area contributed by atoms with E-state index in [1.807, 2.05) is 60.8 Å². The third-order valence-electron chi connectivity index (χ3n) is 11.1. The molecule has 0 radical (unpaired) electrons. The lowest BCUT2D eigenvalue weighted by Gasteiger charge is -2.34. The summed E-state index contributed by atoms with van der Waals surface area (Å²) in [5.41, 5.74) is 10.2. The standard InChI is InChI=1S/C51H34N10/c1-3-15-35(16-4-1)51(36-17-5-2-6-18-36)39-31-33(45-56-47(41-19-7-11-27-52-41)60-48(57-45)42-20-8-12-28-53-42)23-25-37(39)38-26-24-34(32-40(38)51)46-58-49(43-21-9-13-29-54-43)61-50(59-46)44-22-10-14-30-55-44/h1-9,11-13,15-32H,10,14H2. The molecule has 1 aliphatic heterocycles. The maximum atomic E-state index is 5.08. The van der Waals surface area contributed by atoms with Gasteiger partial charge in [-0.1, -0.05) is 109 Å². The minimum absolute atomic E-state index is 0.466. The van der Waals surface area contributed by atoms with Crippen molar-refractivity contribution in [2.75, 3.05) is 0 Å². The van der Waals surface area contributed by atoms with Crippen LogP contribution < -0.4 is 0 Å². The van der Waals surface area contributed by atoms with Crippen molar-refractivity contribution in [2.45, 2.75) is 18.3 Å². The van der Waals surface area contributed by atoms with Gasteiger partial charge in [-0.2, -0.15) is 0 Å². The third-order valence-corrected chi connectivity index (χ3v) is 11.1. The Morgan fingerprint density at radius 3 is 1.23 bits per heavy atom. The van der Waals surface area contributed by atoms with Crippen molar-refractivity contribution in [1.82, 2.24) is 44.9 Å². The molecule has 9 aromatic rings. The zero-order valence-corrected chi connectivity index (χ0v) is 32.7. The van der Waals surface area contributed by atoms with Crippen LogP contribution in [-0.4, -0.2) is 51.1 Å². The summed E-state index contributed by atoms with van der Waals surface area (Å²) < 4.78 is 0. The van der Waals surface area contributed by atoms with Crippen LogP contribution >= 0.6 is 0 Å². The van der Waals surface area contributed by atoms with E-state index < -0.39 is 5.41 Å². The second-order valence-electron chi connectivity index (χ2n) is 14.7. The summed E-state index contributed by atoms with van der Waals surface area (Å²) in [4.78, 5) is 48.4. The molecule has 11 rings (SSSR count). The van der Waals surface area contributed by atoms with Crippen molar-refractivity contribution in [3.8, 4) is 68.5 Å². The predicted octanol–water partition coefficient (Wildman–Crippen LogP) is 10.1. The predicted molar refractivity (Wildman–Crippen MR) is 237 cm³/mol. The summed E-state index contributed by atoms with van der Waals surface area (Å²) in [6.07, 6.45) is 11.0. The van der Waals surface area contributed by atoms with E-state index in [1.54, 1.807) is 18.6 Å². The number of pyridine rings is 3. The summed E-state index contributed by atoms with van der Waals surface area (Å²) in [5, 5.41) is 0. The first-order valence-corrected chi connectivity index (χ1v) is 20.1. The van der Waals surface area contributed by atoms with Crippen LogP contribution in [0.25, 0.3) is 74.2 Å². The number of benzene rings is 4. The molecular formula is C51H34N10. The van der Waals surface area contributed by atoms with Crippen molar-refractivity contribution in [3.63, 3.8) is 0 Å². The SMILES string of the molecule is C1=NC(c2nc(-c3ccc4c(c3)C(c3ccccc3)(c3ccccc3)c3cc(-c5nc(-c6ccccn6)nc(-c6ccccn6)n5)ccc3-4)nc(-c3ccccn3)n2)=CCC1. The van der Waals surface area contributed by atoms with Gasteiger partial charge in [-0.05, 0) is 94.8 Å². The number of aromatic nitrogens is 9. The fraction of sp³-hybridized carbons (Fsp3) is 0.0588. The van der Waals surface area contributed by atoms with Crippen LogP contribution in [0.1, 0.15) is 40.9 Å². The Balaban J connectivity index is 1.14. The van der Waals surface area contributed by atoms with Gasteiger partial charge in [0.1, 0.15) is 22.8 Å². The molecule has 10 heteroatoms. The summed E-state index contributed by atoms with van der Waals surface area (Å²) in [7, 11) is 0. The molecule has 5 aromatic heterocycles. The quantitative estimate of drug-likeness (QED) is 0.148. The van der Waals surface area contributed by atoms with Crippen molar-refractivity contribution in [1.29, 1.82) is 0 Å². The van der Waals surface area contributed by atoms with Gasteiger partial charge in [0, 0.05) is 35.9 Å². The van der Waals surface area contributed by atoms with Crippen molar-refractivity contribution in [3.05, 3.63) is 204 Å². The van der Waals surface area contributed by atoms with Crippen LogP contribution in [0.15, 0.2) is 181 Å². The van der Waals surface area contributed by atoms with Gasteiger partial charge in [0.15, 0.2) is 34.9 Å². The molecule has 0 saturated carbocycles. The second kappa shape index (κ2) is 15.2. The number of rotatable bonds is 8. The number of allylic oxidation sites excluding steroid dienone is 1. The molecular weight excluding hydrogens is 753 g/mol. The molecule has 0 atom stereocenters. The molecule has 0 amide bonds. The van der Waals surface area contributed by atoms with Gasteiger partial charge in [-0.3, -0.25) is 19.9 Å². The van der Waals surface area contributed by atoms with Crippen LogP contribution in [0.2, 0.25) is 0 Å². The molecule has 0 saturated heterocycles. The van der Waals surface area contributed by atoms with Crippen LogP contribution in [0.4, 0.5) is 0 Å². The van der Waals surface area contributed by atoms with E-state index in [1.165, 1.54) is 0 Å². The van der Waals surface area contributed by atoms with E-state index in [4.69, 9.17) is 29.9 Å². The fourth-order valence-electron chi connectivity index (χ4n) is 8.38. The second-order valence-corrected chi connectivity index (χ2v) is 14.7. The lowest BCUT2D eigenvalue weighted by molar-refractivity contribution is 0.768. The van der Waals surface area contributed by atoms with Gasteiger partial charge in [-0.15, -0.1) is 0 Å². The van der Waals surface area contributed by atoms with Gasteiger partial charge in [-0.25, -0.2) is 29.9 Å². The highest BCUT2D eigenvalue weighted by Gasteiger charge is 2.46. The highest BCUT2D eigenvalue weighted by atomic mass is 15.1. The summed E-state index contributed by atoms with van der Waals surface area (Å²) in [6, 6.07) is 51.6. The minimum Gasteiger partial charge on any atom is -0.258 e. The Bertz CT molecular complexity index is 3020. The number of aliphatic imine (C=N–C) groups is 1. The smallest absolute Gasteiger partial charge is 0.182 e. The first kappa shape index (κ1) is 35.9.